The fourth-order valence-corrected chi connectivity index (χ4v) is 2.38. The van der Waals surface area contributed by atoms with Gasteiger partial charge in [-0.3, -0.25) is 14.6 Å². The smallest absolute Gasteiger partial charge is 0.308 e. The first kappa shape index (κ1) is 17.7. The first-order valence-electron chi connectivity index (χ1n) is 8.09. The summed E-state index contributed by atoms with van der Waals surface area (Å²) in [5.74, 6) is -0.435. The Kier molecular flexibility index (Phi) is 6.95. The molecule has 1 aromatic carbocycles. The lowest BCUT2D eigenvalue weighted by molar-refractivity contribution is -0.143. The van der Waals surface area contributed by atoms with Gasteiger partial charge < -0.3 is 10.1 Å². The van der Waals surface area contributed by atoms with Crippen LogP contribution in [0.15, 0.2) is 54.7 Å². The van der Waals surface area contributed by atoms with Crippen LogP contribution in [-0.2, 0) is 20.7 Å². The third-order valence-electron chi connectivity index (χ3n) is 3.55. The molecule has 1 heterocycles. The van der Waals surface area contributed by atoms with Crippen LogP contribution in [0.5, 0.6) is 0 Å². The van der Waals surface area contributed by atoms with Crippen LogP contribution in [0.4, 0.5) is 0 Å². The molecule has 1 aromatic heterocycles. The van der Waals surface area contributed by atoms with Gasteiger partial charge in [0.15, 0.2) is 0 Å². The summed E-state index contributed by atoms with van der Waals surface area (Å²) in [6, 6.07) is 14.7. The van der Waals surface area contributed by atoms with Crippen molar-refractivity contribution in [2.24, 2.45) is 0 Å². The zero-order chi connectivity index (χ0) is 17.2. The van der Waals surface area contributed by atoms with Crippen LogP contribution >= 0.6 is 0 Å². The molecule has 0 radical (unpaired) electrons. The van der Waals surface area contributed by atoms with Crippen LogP contribution in [0, 0.1) is 0 Å². The van der Waals surface area contributed by atoms with E-state index in [1.807, 2.05) is 48.5 Å². The Balaban J connectivity index is 1.96. The summed E-state index contributed by atoms with van der Waals surface area (Å²) in [5.41, 5.74) is 1.76. The van der Waals surface area contributed by atoms with Crippen molar-refractivity contribution in [1.29, 1.82) is 0 Å². The maximum Gasteiger partial charge on any atom is 0.308 e. The lowest BCUT2D eigenvalue weighted by atomic mass is 10.0. The Morgan fingerprint density at radius 2 is 1.88 bits per heavy atom. The maximum atomic E-state index is 12.2. The predicted molar refractivity (Wildman–Crippen MR) is 91.1 cm³/mol. The third kappa shape index (κ3) is 5.83. The van der Waals surface area contributed by atoms with E-state index in [4.69, 9.17) is 4.74 Å². The highest BCUT2D eigenvalue weighted by atomic mass is 16.5. The maximum absolute atomic E-state index is 12.2. The molecule has 0 bridgehead atoms. The number of aromatic nitrogens is 1. The molecule has 5 heteroatoms. The second-order valence-electron chi connectivity index (χ2n) is 5.36. The average Bonchev–Trinajstić information content (AvgIpc) is 2.61. The van der Waals surface area contributed by atoms with Gasteiger partial charge in [-0.1, -0.05) is 36.4 Å². The molecule has 126 valence electrons. The summed E-state index contributed by atoms with van der Waals surface area (Å²) < 4.78 is 5.00. The van der Waals surface area contributed by atoms with E-state index in [-0.39, 0.29) is 24.3 Å². The van der Waals surface area contributed by atoms with Crippen LogP contribution in [0.2, 0.25) is 0 Å². The Hall–Kier alpha value is -2.69. The Bertz CT molecular complexity index is 644. The number of carbonyl (C=O) groups excluding carboxylic acids is 2. The molecule has 1 N–H and O–H groups in total. The van der Waals surface area contributed by atoms with Gasteiger partial charge in [0, 0.05) is 18.3 Å². The van der Waals surface area contributed by atoms with E-state index in [2.05, 4.69) is 10.3 Å². The van der Waals surface area contributed by atoms with Crippen LogP contribution in [0.3, 0.4) is 0 Å². The number of hydrogen-bond acceptors (Lipinski definition) is 4. The lowest BCUT2D eigenvalue weighted by Gasteiger charge is -2.18. The van der Waals surface area contributed by atoms with Gasteiger partial charge in [0.1, 0.15) is 0 Å². The van der Waals surface area contributed by atoms with E-state index < -0.39 is 0 Å². The number of ether oxygens (including phenoxy) is 1. The molecule has 2 aromatic rings. The average molecular weight is 326 g/mol. The van der Waals surface area contributed by atoms with Gasteiger partial charge in [-0.05, 0) is 31.0 Å². The molecule has 0 aliphatic heterocycles. The first-order chi connectivity index (χ1) is 11.7. The standard InChI is InChI=1S/C19H22N2O3/c1-2-24-19(23)14-17(15-8-4-3-5-9-15)21-18(22)12-11-16-10-6-7-13-20-16/h3-10,13,17H,2,11-12,14H2,1H3,(H,21,22). The molecule has 0 fully saturated rings. The molecule has 24 heavy (non-hydrogen) atoms. The van der Waals surface area contributed by atoms with Gasteiger partial charge in [0.2, 0.25) is 5.91 Å². The number of nitrogens with zero attached hydrogens (tertiary/aromatic N) is 1. The molecule has 0 spiro atoms. The van der Waals surface area contributed by atoms with Crippen molar-refractivity contribution in [3.8, 4) is 0 Å². The minimum atomic E-state index is -0.388. The number of aryl methyl sites for hydroxylation is 1. The van der Waals surface area contributed by atoms with Gasteiger partial charge in [0.25, 0.3) is 0 Å². The number of amides is 1. The third-order valence-corrected chi connectivity index (χ3v) is 3.55. The molecule has 0 aliphatic rings. The van der Waals surface area contributed by atoms with Gasteiger partial charge in [-0.15, -0.1) is 0 Å². The number of pyridine rings is 1. The highest BCUT2D eigenvalue weighted by molar-refractivity contribution is 5.78. The predicted octanol–water partition coefficient (Wildman–Crippen LogP) is 2.82. The van der Waals surface area contributed by atoms with E-state index in [1.165, 1.54) is 0 Å². The van der Waals surface area contributed by atoms with E-state index in [0.717, 1.165) is 11.3 Å². The van der Waals surface area contributed by atoms with Crippen molar-refractivity contribution in [3.05, 3.63) is 66.0 Å². The van der Waals surface area contributed by atoms with Crippen molar-refractivity contribution in [1.82, 2.24) is 10.3 Å². The van der Waals surface area contributed by atoms with Crippen LogP contribution < -0.4 is 5.32 Å². The molecule has 1 amide bonds. The zero-order valence-corrected chi connectivity index (χ0v) is 13.8. The fourth-order valence-electron chi connectivity index (χ4n) is 2.38. The van der Waals surface area contributed by atoms with Gasteiger partial charge in [-0.2, -0.15) is 0 Å². The molecule has 5 nitrogen and oxygen atoms in total. The van der Waals surface area contributed by atoms with Crippen LogP contribution in [-0.4, -0.2) is 23.5 Å². The van der Waals surface area contributed by atoms with Crippen LogP contribution in [0.25, 0.3) is 0 Å². The van der Waals surface area contributed by atoms with Crippen molar-refractivity contribution in [2.75, 3.05) is 6.61 Å². The SMILES string of the molecule is CCOC(=O)CC(NC(=O)CCc1ccccn1)c1ccccc1. The summed E-state index contributed by atoms with van der Waals surface area (Å²) in [5, 5.41) is 2.93. The van der Waals surface area contributed by atoms with Crippen molar-refractivity contribution in [3.63, 3.8) is 0 Å². The quantitative estimate of drug-likeness (QED) is 0.757. The summed E-state index contributed by atoms with van der Waals surface area (Å²) in [4.78, 5) is 28.3. The minimum absolute atomic E-state index is 0.112. The van der Waals surface area contributed by atoms with E-state index in [0.29, 0.717) is 19.4 Å². The Labute approximate surface area is 142 Å². The number of carbonyl (C=O) groups is 2. The summed E-state index contributed by atoms with van der Waals surface area (Å²) >= 11 is 0. The van der Waals surface area contributed by atoms with E-state index >= 15 is 0 Å². The van der Waals surface area contributed by atoms with Gasteiger partial charge >= 0.3 is 5.97 Å². The van der Waals surface area contributed by atoms with E-state index in [9.17, 15) is 9.59 Å². The number of benzene rings is 1. The topological polar surface area (TPSA) is 68.3 Å². The number of esters is 1. The minimum Gasteiger partial charge on any atom is -0.466 e. The molecular formula is C19H22N2O3. The highest BCUT2D eigenvalue weighted by Gasteiger charge is 2.19. The summed E-state index contributed by atoms with van der Waals surface area (Å²) in [7, 11) is 0. The Morgan fingerprint density at radius 1 is 1.12 bits per heavy atom. The second kappa shape index (κ2) is 9.45. The molecular weight excluding hydrogens is 304 g/mol. The second-order valence-corrected chi connectivity index (χ2v) is 5.36. The fraction of sp³-hybridized carbons (Fsp3) is 0.316. The zero-order valence-electron chi connectivity index (χ0n) is 13.8. The first-order valence-corrected chi connectivity index (χ1v) is 8.09. The van der Waals surface area contributed by atoms with Crippen molar-refractivity contribution < 1.29 is 14.3 Å². The van der Waals surface area contributed by atoms with Crippen LogP contribution in [0.1, 0.15) is 37.1 Å². The molecule has 0 saturated heterocycles. The summed E-state index contributed by atoms with van der Waals surface area (Å²) in [6.07, 6.45) is 2.71. The van der Waals surface area contributed by atoms with E-state index in [1.54, 1.807) is 13.1 Å². The number of nitrogens with one attached hydrogen (secondary N) is 1. The summed E-state index contributed by atoms with van der Waals surface area (Å²) in [6.45, 7) is 2.09. The molecule has 0 aliphatic carbocycles. The largest absolute Gasteiger partial charge is 0.466 e. The van der Waals surface area contributed by atoms with Gasteiger partial charge in [-0.25, -0.2) is 0 Å². The molecule has 1 atom stereocenters. The Morgan fingerprint density at radius 3 is 2.54 bits per heavy atom. The lowest BCUT2D eigenvalue weighted by Crippen LogP contribution is -2.30. The highest BCUT2D eigenvalue weighted by Crippen LogP contribution is 2.17. The molecule has 1 unspecified atom stereocenters. The number of hydrogen-bond donors (Lipinski definition) is 1. The van der Waals surface area contributed by atoms with Crippen molar-refractivity contribution >= 4 is 11.9 Å². The monoisotopic (exact) mass is 326 g/mol. The molecule has 0 saturated carbocycles. The van der Waals surface area contributed by atoms with Gasteiger partial charge in [0.05, 0.1) is 19.1 Å². The number of rotatable bonds is 8. The normalized spacial score (nSPS) is 11.5. The van der Waals surface area contributed by atoms with Crippen molar-refractivity contribution in [2.45, 2.75) is 32.2 Å². The molecule has 2 rings (SSSR count).